The largest absolute Gasteiger partial charge is 0.361 e. The van der Waals surface area contributed by atoms with Crippen molar-refractivity contribution in [1.82, 2.24) is 25.4 Å². The molecule has 0 aliphatic heterocycles. The molecular formula is C19H18N6O2. The highest BCUT2D eigenvalue weighted by Crippen LogP contribution is 2.17. The van der Waals surface area contributed by atoms with Crippen LogP contribution in [0.3, 0.4) is 0 Å². The number of hydrogen-bond acceptors (Lipinski definition) is 6. The Labute approximate surface area is 155 Å². The SMILES string of the molecule is Cc1cc(Nc2nccc(C(=O)NCCc3c[nH]c4ccccc34)n2)no1. The topological polar surface area (TPSA) is 109 Å². The predicted molar refractivity (Wildman–Crippen MR) is 101 cm³/mol. The van der Waals surface area contributed by atoms with E-state index in [2.05, 4.69) is 36.8 Å². The summed E-state index contributed by atoms with van der Waals surface area (Å²) in [5.74, 6) is 1.19. The molecule has 3 aromatic heterocycles. The highest BCUT2D eigenvalue weighted by atomic mass is 16.5. The highest BCUT2D eigenvalue weighted by molar-refractivity contribution is 5.92. The van der Waals surface area contributed by atoms with Crippen molar-refractivity contribution in [3.05, 3.63) is 65.8 Å². The first kappa shape index (κ1) is 16.8. The molecular weight excluding hydrogens is 344 g/mol. The molecule has 0 spiro atoms. The first-order chi connectivity index (χ1) is 13.2. The van der Waals surface area contributed by atoms with Crippen molar-refractivity contribution < 1.29 is 9.32 Å². The fraction of sp³-hybridized carbons (Fsp3) is 0.158. The van der Waals surface area contributed by atoms with Gasteiger partial charge in [-0.2, -0.15) is 0 Å². The first-order valence-electron chi connectivity index (χ1n) is 8.55. The molecule has 0 unspecified atom stereocenters. The average molecular weight is 362 g/mol. The standard InChI is InChI=1S/C19H18N6O2/c1-12-10-17(25-27-12)24-19-21-9-7-16(23-19)18(26)20-8-6-13-11-22-15-5-3-2-4-14(13)15/h2-5,7,9-11,22H,6,8H2,1H3,(H,20,26)(H,21,23,24,25). The van der Waals surface area contributed by atoms with Crippen LogP contribution in [0.5, 0.6) is 0 Å². The summed E-state index contributed by atoms with van der Waals surface area (Å²) in [7, 11) is 0. The van der Waals surface area contributed by atoms with Crippen molar-refractivity contribution >= 4 is 28.6 Å². The van der Waals surface area contributed by atoms with Gasteiger partial charge in [0.25, 0.3) is 5.91 Å². The van der Waals surface area contributed by atoms with Crippen LogP contribution in [0, 0.1) is 6.92 Å². The maximum absolute atomic E-state index is 12.4. The smallest absolute Gasteiger partial charge is 0.270 e. The molecule has 0 fully saturated rings. The van der Waals surface area contributed by atoms with Gasteiger partial charge in [0, 0.05) is 35.9 Å². The molecule has 3 N–H and O–H groups in total. The minimum Gasteiger partial charge on any atom is -0.361 e. The summed E-state index contributed by atoms with van der Waals surface area (Å²) in [5.41, 5.74) is 2.54. The van der Waals surface area contributed by atoms with Gasteiger partial charge in [0.15, 0.2) is 5.82 Å². The third-order valence-electron chi connectivity index (χ3n) is 4.11. The molecule has 1 amide bonds. The Balaban J connectivity index is 1.37. The molecule has 0 saturated carbocycles. The summed E-state index contributed by atoms with van der Waals surface area (Å²) in [6.07, 6.45) is 4.23. The number of aromatic amines is 1. The van der Waals surface area contributed by atoms with Crippen LogP contribution < -0.4 is 10.6 Å². The van der Waals surface area contributed by atoms with Crippen LogP contribution in [-0.4, -0.2) is 32.6 Å². The van der Waals surface area contributed by atoms with Crippen molar-refractivity contribution in [3.63, 3.8) is 0 Å². The van der Waals surface area contributed by atoms with E-state index in [-0.39, 0.29) is 17.5 Å². The Morgan fingerprint density at radius 3 is 3.00 bits per heavy atom. The Hall–Kier alpha value is -3.68. The van der Waals surface area contributed by atoms with Gasteiger partial charge >= 0.3 is 0 Å². The molecule has 8 nitrogen and oxygen atoms in total. The fourth-order valence-corrected chi connectivity index (χ4v) is 2.82. The Morgan fingerprint density at radius 1 is 1.26 bits per heavy atom. The number of amides is 1. The molecule has 0 aliphatic rings. The Kier molecular flexibility index (Phi) is 4.52. The lowest BCUT2D eigenvalue weighted by molar-refractivity contribution is 0.0949. The normalized spacial score (nSPS) is 10.9. The van der Waals surface area contributed by atoms with Gasteiger partial charge in [-0.3, -0.25) is 4.79 Å². The number of hydrogen-bond donors (Lipinski definition) is 3. The molecule has 8 heteroatoms. The number of rotatable bonds is 6. The number of aromatic nitrogens is 4. The number of fused-ring (bicyclic) bond motifs is 1. The first-order valence-corrected chi connectivity index (χ1v) is 8.55. The lowest BCUT2D eigenvalue weighted by Crippen LogP contribution is -2.26. The number of carbonyl (C=O) groups is 1. The zero-order valence-electron chi connectivity index (χ0n) is 14.7. The summed E-state index contributed by atoms with van der Waals surface area (Å²) >= 11 is 0. The molecule has 27 heavy (non-hydrogen) atoms. The second kappa shape index (κ2) is 7.28. The van der Waals surface area contributed by atoms with E-state index < -0.39 is 0 Å². The molecule has 0 bridgehead atoms. The van der Waals surface area contributed by atoms with E-state index >= 15 is 0 Å². The monoisotopic (exact) mass is 362 g/mol. The number of carbonyl (C=O) groups excluding carboxylic acids is 1. The number of para-hydroxylation sites is 1. The van der Waals surface area contributed by atoms with Gasteiger partial charge in [-0.15, -0.1) is 0 Å². The second-order valence-electron chi connectivity index (χ2n) is 6.08. The van der Waals surface area contributed by atoms with Crippen molar-refractivity contribution in [2.45, 2.75) is 13.3 Å². The summed E-state index contributed by atoms with van der Waals surface area (Å²) in [6, 6.07) is 11.4. The van der Waals surface area contributed by atoms with E-state index in [1.165, 1.54) is 11.6 Å². The molecule has 0 saturated heterocycles. The number of benzene rings is 1. The van der Waals surface area contributed by atoms with Crippen LogP contribution in [0.2, 0.25) is 0 Å². The summed E-state index contributed by atoms with van der Waals surface area (Å²) < 4.78 is 4.98. The van der Waals surface area contributed by atoms with Gasteiger partial charge in [0.2, 0.25) is 5.95 Å². The van der Waals surface area contributed by atoms with Crippen LogP contribution in [0.1, 0.15) is 21.8 Å². The van der Waals surface area contributed by atoms with E-state index in [4.69, 9.17) is 4.52 Å². The van der Waals surface area contributed by atoms with Crippen LogP contribution in [0.4, 0.5) is 11.8 Å². The average Bonchev–Trinajstić information content (AvgIpc) is 3.28. The molecule has 0 radical (unpaired) electrons. The maximum Gasteiger partial charge on any atom is 0.270 e. The van der Waals surface area contributed by atoms with Crippen LogP contribution in [0.25, 0.3) is 10.9 Å². The predicted octanol–water partition coefficient (Wildman–Crippen LogP) is 2.97. The highest BCUT2D eigenvalue weighted by Gasteiger charge is 2.10. The lowest BCUT2D eigenvalue weighted by Gasteiger charge is -2.06. The van der Waals surface area contributed by atoms with Crippen molar-refractivity contribution in [1.29, 1.82) is 0 Å². The number of nitrogens with one attached hydrogen (secondary N) is 3. The van der Waals surface area contributed by atoms with Gasteiger partial charge < -0.3 is 20.1 Å². The molecule has 0 atom stereocenters. The van der Waals surface area contributed by atoms with Crippen molar-refractivity contribution in [3.8, 4) is 0 Å². The molecule has 4 rings (SSSR count). The van der Waals surface area contributed by atoms with Gasteiger partial charge in [0.05, 0.1) is 0 Å². The van der Waals surface area contributed by atoms with Crippen LogP contribution in [-0.2, 0) is 6.42 Å². The molecule has 1 aromatic carbocycles. The Morgan fingerprint density at radius 2 is 2.15 bits per heavy atom. The van der Waals surface area contributed by atoms with E-state index in [0.29, 0.717) is 18.1 Å². The van der Waals surface area contributed by atoms with Crippen LogP contribution in [0.15, 0.2) is 53.3 Å². The molecule has 0 aliphatic carbocycles. The quantitative estimate of drug-likeness (QED) is 0.487. The number of anilines is 2. The van der Waals surface area contributed by atoms with Crippen molar-refractivity contribution in [2.75, 3.05) is 11.9 Å². The fourth-order valence-electron chi connectivity index (χ4n) is 2.82. The number of aryl methyl sites for hydroxylation is 1. The third-order valence-corrected chi connectivity index (χ3v) is 4.11. The molecule has 3 heterocycles. The molecule has 136 valence electrons. The van der Waals surface area contributed by atoms with E-state index in [0.717, 1.165) is 17.5 Å². The van der Waals surface area contributed by atoms with E-state index in [1.807, 2.05) is 24.4 Å². The second-order valence-corrected chi connectivity index (χ2v) is 6.08. The Bertz CT molecular complexity index is 1080. The summed E-state index contributed by atoms with van der Waals surface area (Å²) in [6.45, 7) is 2.30. The summed E-state index contributed by atoms with van der Waals surface area (Å²) in [4.78, 5) is 23.9. The van der Waals surface area contributed by atoms with Gasteiger partial charge in [-0.05, 0) is 31.0 Å². The lowest BCUT2D eigenvalue weighted by atomic mass is 10.1. The van der Waals surface area contributed by atoms with Gasteiger partial charge in [0.1, 0.15) is 11.5 Å². The van der Waals surface area contributed by atoms with Gasteiger partial charge in [-0.25, -0.2) is 9.97 Å². The van der Waals surface area contributed by atoms with Crippen molar-refractivity contribution in [2.24, 2.45) is 0 Å². The van der Waals surface area contributed by atoms with E-state index in [1.54, 1.807) is 19.1 Å². The van der Waals surface area contributed by atoms with E-state index in [9.17, 15) is 4.79 Å². The third kappa shape index (κ3) is 3.79. The number of H-pyrrole nitrogens is 1. The van der Waals surface area contributed by atoms with Crippen LogP contribution >= 0.6 is 0 Å². The zero-order valence-corrected chi connectivity index (χ0v) is 14.7. The minimum atomic E-state index is -0.253. The number of nitrogens with zero attached hydrogens (tertiary/aromatic N) is 3. The minimum absolute atomic E-state index is 0.253. The maximum atomic E-state index is 12.4. The van der Waals surface area contributed by atoms with Gasteiger partial charge in [-0.1, -0.05) is 23.4 Å². The zero-order chi connectivity index (χ0) is 18.6. The molecule has 4 aromatic rings. The summed E-state index contributed by atoms with van der Waals surface area (Å²) in [5, 5.41) is 10.8.